The van der Waals surface area contributed by atoms with Crippen LogP contribution in [0.15, 0.2) is 22.9 Å². The summed E-state index contributed by atoms with van der Waals surface area (Å²) in [6, 6.07) is 4.25. The van der Waals surface area contributed by atoms with Gasteiger partial charge in [0, 0.05) is 30.3 Å². The fourth-order valence-electron chi connectivity index (χ4n) is 2.41. The molecule has 1 fully saturated rings. The molecule has 1 unspecified atom stereocenters. The zero-order valence-electron chi connectivity index (χ0n) is 11.5. The number of methoxy groups -OCH3 is 1. The Morgan fingerprint density at radius 1 is 1.45 bits per heavy atom. The van der Waals surface area contributed by atoms with E-state index in [1.54, 1.807) is 19.4 Å². The highest BCUT2D eigenvalue weighted by atomic mass is 16.5. The second kappa shape index (κ2) is 6.00. The molecule has 2 aromatic rings. The van der Waals surface area contributed by atoms with Gasteiger partial charge in [-0.2, -0.15) is 4.98 Å². The van der Waals surface area contributed by atoms with Gasteiger partial charge >= 0.3 is 0 Å². The summed E-state index contributed by atoms with van der Waals surface area (Å²) in [7, 11) is 1.59. The highest BCUT2D eigenvalue weighted by Crippen LogP contribution is 2.18. The predicted molar refractivity (Wildman–Crippen MR) is 73.4 cm³/mol. The Labute approximate surface area is 117 Å². The fraction of sp³-hybridized carbons (Fsp3) is 0.500. The lowest BCUT2D eigenvalue weighted by Crippen LogP contribution is -2.21. The Morgan fingerprint density at radius 2 is 2.40 bits per heavy atom. The highest BCUT2D eigenvalue weighted by molar-refractivity contribution is 5.52. The molecule has 3 rings (SSSR count). The first-order valence-electron chi connectivity index (χ1n) is 6.91. The van der Waals surface area contributed by atoms with Gasteiger partial charge in [-0.1, -0.05) is 5.16 Å². The van der Waals surface area contributed by atoms with E-state index in [-0.39, 0.29) is 0 Å². The quantitative estimate of drug-likeness (QED) is 0.896. The molecule has 20 heavy (non-hydrogen) atoms. The lowest BCUT2D eigenvalue weighted by Gasteiger charge is -2.06. The third-order valence-corrected chi connectivity index (χ3v) is 3.54. The largest absolute Gasteiger partial charge is 0.481 e. The van der Waals surface area contributed by atoms with Gasteiger partial charge in [0.25, 0.3) is 0 Å². The van der Waals surface area contributed by atoms with Crippen molar-refractivity contribution in [3.63, 3.8) is 0 Å². The van der Waals surface area contributed by atoms with Gasteiger partial charge in [0.1, 0.15) is 0 Å². The van der Waals surface area contributed by atoms with Gasteiger partial charge in [-0.05, 0) is 31.9 Å². The van der Waals surface area contributed by atoms with E-state index in [4.69, 9.17) is 9.26 Å². The van der Waals surface area contributed by atoms with Crippen LogP contribution >= 0.6 is 0 Å². The van der Waals surface area contributed by atoms with E-state index in [9.17, 15) is 0 Å². The summed E-state index contributed by atoms with van der Waals surface area (Å²) in [6.45, 7) is 1.12. The monoisotopic (exact) mass is 274 g/mol. The van der Waals surface area contributed by atoms with Crippen LogP contribution in [-0.2, 0) is 6.42 Å². The SMILES string of the molecule is COc1ccc(-c2noc(CCC3CCCN3)n2)cn1. The van der Waals surface area contributed by atoms with Crippen molar-refractivity contribution < 1.29 is 9.26 Å². The van der Waals surface area contributed by atoms with Crippen molar-refractivity contribution in [1.29, 1.82) is 0 Å². The summed E-state index contributed by atoms with van der Waals surface area (Å²) in [5.74, 6) is 1.84. The normalized spacial score (nSPS) is 18.4. The Balaban J connectivity index is 1.62. The summed E-state index contributed by atoms with van der Waals surface area (Å²) in [5, 5.41) is 7.46. The topological polar surface area (TPSA) is 73.1 Å². The summed E-state index contributed by atoms with van der Waals surface area (Å²) in [5.41, 5.74) is 0.833. The smallest absolute Gasteiger partial charge is 0.227 e. The van der Waals surface area contributed by atoms with Crippen molar-refractivity contribution in [2.24, 2.45) is 0 Å². The molecule has 1 aliphatic rings. The predicted octanol–water partition coefficient (Wildman–Crippen LogP) is 1.82. The zero-order valence-corrected chi connectivity index (χ0v) is 11.5. The minimum absolute atomic E-state index is 0.574. The van der Waals surface area contributed by atoms with Gasteiger partial charge in [0.05, 0.1) is 7.11 Å². The molecule has 1 saturated heterocycles. The molecule has 1 N–H and O–H groups in total. The molecule has 0 aromatic carbocycles. The van der Waals surface area contributed by atoms with Crippen LogP contribution in [0.5, 0.6) is 5.88 Å². The van der Waals surface area contributed by atoms with Crippen molar-refractivity contribution in [1.82, 2.24) is 20.4 Å². The maximum absolute atomic E-state index is 5.29. The van der Waals surface area contributed by atoms with Gasteiger partial charge in [0.2, 0.25) is 17.6 Å². The van der Waals surface area contributed by atoms with Crippen LogP contribution in [0, 0.1) is 0 Å². The summed E-state index contributed by atoms with van der Waals surface area (Å²) in [6.07, 6.45) is 6.05. The van der Waals surface area contributed by atoms with E-state index in [0.717, 1.165) is 24.9 Å². The number of rotatable bonds is 5. The number of ether oxygens (including phenoxy) is 1. The molecule has 106 valence electrons. The highest BCUT2D eigenvalue weighted by Gasteiger charge is 2.16. The first kappa shape index (κ1) is 13.1. The third kappa shape index (κ3) is 2.96. The van der Waals surface area contributed by atoms with Crippen LogP contribution in [0.4, 0.5) is 0 Å². The number of nitrogens with zero attached hydrogens (tertiary/aromatic N) is 3. The molecule has 1 atom stereocenters. The van der Waals surface area contributed by atoms with Crippen molar-refractivity contribution in [3.8, 4) is 17.3 Å². The first-order valence-corrected chi connectivity index (χ1v) is 6.91. The molecule has 0 amide bonds. The van der Waals surface area contributed by atoms with Crippen molar-refractivity contribution in [2.75, 3.05) is 13.7 Å². The number of pyridine rings is 1. The molecular weight excluding hydrogens is 256 g/mol. The molecule has 6 heteroatoms. The molecule has 0 bridgehead atoms. The molecule has 0 spiro atoms. The molecule has 1 aliphatic heterocycles. The third-order valence-electron chi connectivity index (χ3n) is 3.54. The van der Waals surface area contributed by atoms with Gasteiger partial charge in [-0.15, -0.1) is 0 Å². The lowest BCUT2D eigenvalue weighted by atomic mass is 10.1. The number of hydrogen-bond acceptors (Lipinski definition) is 6. The molecule has 3 heterocycles. The number of aromatic nitrogens is 3. The number of nitrogens with one attached hydrogen (secondary N) is 1. The van der Waals surface area contributed by atoms with Crippen molar-refractivity contribution >= 4 is 0 Å². The molecular formula is C14H18N4O2. The Morgan fingerprint density at radius 3 is 3.10 bits per heavy atom. The summed E-state index contributed by atoms with van der Waals surface area (Å²) < 4.78 is 10.3. The van der Waals surface area contributed by atoms with Gasteiger partial charge < -0.3 is 14.6 Å². The number of aryl methyl sites for hydroxylation is 1. The maximum atomic E-state index is 5.29. The second-order valence-electron chi connectivity index (χ2n) is 4.93. The average Bonchev–Trinajstić information content (AvgIpc) is 3.17. The molecule has 6 nitrogen and oxygen atoms in total. The standard InChI is InChI=1S/C14H18N4O2/c1-19-12-6-4-10(9-16-12)14-17-13(20-18-14)7-5-11-3-2-8-15-11/h4,6,9,11,15H,2-3,5,7-8H2,1H3. The lowest BCUT2D eigenvalue weighted by molar-refractivity contribution is 0.368. The Bertz CT molecular complexity index is 547. The van der Waals surface area contributed by atoms with E-state index < -0.39 is 0 Å². The van der Waals surface area contributed by atoms with E-state index in [1.807, 2.05) is 6.07 Å². The summed E-state index contributed by atoms with van der Waals surface area (Å²) >= 11 is 0. The van der Waals surface area contributed by atoms with Crippen LogP contribution in [0.3, 0.4) is 0 Å². The molecule has 2 aromatic heterocycles. The van der Waals surface area contributed by atoms with E-state index in [0.29, 0.717) is 23.6 Å². The maximum Gasteiger partial charge on any atom is 0.227 e. The second-order valence-corrected chi connectivity index (χ2v) is 4.93. The minimum Gasteiger partial charge on any atom is -0.481 e. The minimum atomic E-state index is 0.574. The molecule has 0 radical (unpaired) electrons. The Kier molecular flexibility index (Phi) is 3.92. The van der Waals surface area contributed by atoms with E-state index >= 15 is 0 Å². The van der Waals surface area contributed by atoms with Gasteiger partial charge in [-0.25, -0.2) is 4.98 Å². The van der Waals surface area contributed by atoms with Crippen LogP contribution in [-0.4, -0.2) is 34.8 Å². The van der Waals surface area contributed by atoms with E-state index in [2.05, 4.69) is 20.4 Å². The summed E-state index contributed by atoms with van der Waals surface area (Å²) in [4.78, 5) is 8.55. The first-order chi connectivity index (χ1) is 9.85. The number of hydrogen-bond donors (Lipinski definition) is 1. The molecule has 0 saturated carbocycles. The van der Waals surface area contributed by atoms with Crippen LogP contribution in [0.2, 0.25) is 0 Å². The zero-order chi connectivity index (χ0) is 13.8. The van der Waals surface area contributed by atoms with Crippen LogP contribution in [0.1, 0.15) is 25.2 Å². The van der Waals surface area contributed by atoms with Gasteiger partial charge in [0.15, 0.2) is 0 Å². The van der Waals surface area contributed by atoms with Crippen molar-refractivity contribution in [3.05, 3.63) is 24.2 Å². The molecule has 0 aliphatic carbocycles. The Hall–Kier alpha value is -1.95. The van der Waals surface area contributed by atoms with E-state index in [1.165, 1.54) is 12.8 Å². The van der Waals surface area contributed by atoms with Crippen LogP contribution in [0.25, 0.3) is 11.4 Å². The van der Waals surface area contributed by atoms with Crippen molar-refractivity contribution in [2.45, 2.75) is 31.7 Å². The fourth-order valence-corrected chi connectivity index (χ4v) is 2.41. The van der Waals surface area contributed by atoms with Gasteiger partial charge in [-0.3, -0.25) is 0 Å². The average molecular weight is 274 g/mol. The van der Waals surface area contributed by atoms with Crippen LogP contribution < -0.4 is 10.1 Å².